The molecule has 1 heterocycles. The first-order chi connectivity index (χ1) is 7.83. The molecule has 1 saturated heterocycles. The molecule has 1 atom stereocenters. The highest BCUT2D eigenvalue weighted by Gasteiger charge is 2.34. The van der Waals surface area contributed by atoms with Gasteiger partial charge in [-0.3, -0.25) is 4.79 Å². The normalized spacial score (nSPS) is 22.2. The second-order valence-corrected chi connectivity index (χ2v) is 6.77. The molecule has 1 N–H and O–H groups in total. The Morgan fingerprint density at radius 2 is 2.12 bits per heavy atom. The highest BCUT2D eigenvalue weighted by molar-refractivity contribution is 7.87. The number of nitrogens with zero attached hydrogens (tertiary/aromatic N) is 1. The van der Waals surface area contributed by atoms with E-state index in [0.717, 1.165) is 12.8 Å². The maximum absolute atomic E-state index is 12.0. The molecule has 1 rings (SSSR count). The summed E-state index contributed by atoms with van der Waals surface area (Å²) in [5.74, 6) is 0.319. The molecule has 0 radical (unpaired) electrons. The first-order valence-electron chi connectivity index (χ1n) is 6.09. The summed E-state index contributed by atoms with van der Waals surface area (Å²) in [4.78, 5) is 11.1. The Morgan fingerprint density at radius 1 is 1.47 bits per heavy atom. The molecule has 1 fully saturated rings. The summed E-state index contributed by atoms with van der Waals surface area (Å²) < 4.78 is 28.1. The molecule has 0 amide bonds. The molecular formula is C11H22N2O3S. The molecule has 5 nitrogen and oxygen atoms in total. The van der Waals surface area contributed by atoms with Gasteiger partial charge in [0.1, 0.15) is 5.78 Å². The number of rotatable bonds is 6. The van der Waals surface area contributed by atoms with Gasteiger partial charge in [0.05, 0.1) is 0 Å². The SMILES string of the molecule is CC(=O)CC1CCCN1S(=O)(=O)NCC(C)C. The fraction of sp³-hybridized carbons (Fsp3) is 0.909. The van der Waals surface area contributed by atoms with Gasteiger partial charge < -0.3 is 0 Å². The minimum atomic E-state index is -3.42. The molecule has 0 aromatic heterocycles. The van der Waals surface area contributed by atoms with Crippen molar-refractivity contribution in [3.05, 3.63) is 0 Å². The maximum atomic E-state index is 12.0. The predicted molar refractivity (Wildman–Crippen MR) is 66.8 cm³/mol. The van der Waals surface area contributed by atoms with Crippen molar-refractivity contribution < 1.29 is 13.2 Å². The quantitative estimate of drug-likeness (QED) is 0.774. The van der Waals surface area contributed by atoms with Gasteiger partial charge in [0.15, 0.2) is 0 Å². The molecule has 0 aromatic rings. The summed E-state index contributed by atoms with van der Waals surface area (Å²) in [6, 6.07) is -0.155. The molecule has 6 heteroatoms. The predicted octanol–water partition coefficient (Wildman–Crippen LogP) is 0.920. The van der Waals surface area contributed by atoms with E-state index in [1.165, 1.54) is 11.2 Å². The standard InChI is InChI=1S/C11H22N2O3S/c1-9(2)8-12-17(15,16)13-6-4-5-11(13)7-10(3)14/h9,11-12H,4-8H2,1-3H3. The van der Waals surface area contributed by atoms with Crippen molar-refractivity contribution in [2.45, 2.75) is 46.1 Å². The summed E-state index contributed by atoms with van der Waals surface area (Å²) in [5.41, 5.74) is 0. The Labute approximate surface area is 104 Å². The Bertz CT molecular complexity index is 365. The molecule has 0 aromatic carbocycles. The van der Waals surface area contributed by atoms with Crippen LogP contribution < -0.4 is 4.72 Å². The van der Waals surface area contributed by atoms with Gasteiger partial charge in [-0.15, -0.1) is 0 Å². The largest absolute Gasteiger partial charge is 0.300 e. The van der Waals surface area contributed by atoms with Crippen LogP contribution in [0.5, 0.6) is 0 Å². The monoisotopic (exact) mass is 262 g/mol. The summed E-state index contributed by atoms with van der Waals surface area (Å²) in [6.45, 7) is 6.38. The van der Waals surface area contributed by atoms with Crippen LogP contribution in [0.1, 0.15) is 40.0 Å². The van der Waals surface area contributed by atoms with E-state index in [2.05, 4.69) is 4.72 Å². The third-order valence-electron chi connectivity index (χ3n) is 2.83. The number of Topliss-reactive ketones (excluding diaryl/α,β-unsaturated/α-hetero) is 1. The number of ketones is 1. The third-order valence-corrected chi connectivity index (χ3v) is 4.46. The van der Waals surface area contributed by atoms with Crippen LogP contribution >= 0.6 is 0 Å². The molecule has 0 saturated carbocycles. The van der Waals surface area contributed by atoms with Crippen molar-refractivity contribution in [2.24, 2.45) is 5.92 Å². The summed E-state index contributed by atoms with van der Waals surface area (Å²) in [6.07, 6.45) is 1.94. The lowest BCUT2D eigenvalue weighted by molar-refractivity contribution is -0.117. The zero-order chi connectivity index (χ0) is 13.1. The van der Waals surface area contributed by atoms with Crippen LogP contribution in [0.15, 0.2) is 0 Å². The highest BCUT2D eigenvalue weighted by atomic mass is 32.2. The number of nitrogens with one attached hydrogen (secondary N) is 1. The molecular weight excluding hydrogens is 240 g/mol. The van der Waals surface area contributed by atoms with Gasteiger partial charge in [0, 0.05) is 25.6 Å². The lowest BCUT2D eigenvalue weighted by atomic mass is 10.1. The Hall–Kier alpha value is -0.460. The van der Waals surface area contributed by atoms with Gasteiger partial charge in [-0.1, -0.05) is 13.8 Å². The Morgan fingerprint density at radius 3 is 2.65 bits per heavy atom. The summed E-state index contributed by atoms with van der Waals surface area (Å²) in [7, 11) is -3.42. The minimum Gasteiger partial charge on any atom is -0.300 e. The molecule has 0 bridgehead atoms. The van der Waals surface area contributed by atoms with Crippen LogP contribution in [-0.2, 0) is 15.0 Å². The van der Waals surface area contributed by atoms with Crippen LogP contribution in [0.4, 0.5) is 0 Å². The Kier molecular flexibility index (Phi) is 5.09. The van der Waals surface area contributed by atoms with Crippen molar-refractivity contribution >= 4 is 16.0 Å². The van der Waals surface area contributed by atoms with E-state index in [4.69, 9.17) is 0 Å². The van der Waals surface area contributed by atoms with Crippen LogP contribution in [-0.4, -0.2) is 37.6 Å². The first-order valence-corrected chi connectivity index (χ1v) is 7.53. The first kappa shape index (κ1) is 14.6. The minimum absolute atomic E-state index is 0.0426. The maximum Gasteiger partial charge on any atom is 0.279 e. The molecule has 1 aliphatic heterocycles. The van der Waals surface area contributed by atoms with Crippen molar-refractivity contribution in [3.8, 4) is 0 Å². The van der Waals surface area contributed by atoms with Crippen LogP contribution in [0, 0.1) is 5.92 Å². The summed E-state index contributed by atoms with van der Waals surface area (Å²) in [5, 5.41) is 0. The lowest BCUT2D eigenvalue weighted by Gasteiger charge is -2.23. The van der Waals surface area contributed by atoms with Crippen LogP contribution in [0.3, 0.4) is 0 Å². The van der Waals surface area contributed by atoms with Crippen molar-refractivity contribution in [2.75, 3.05) is 13.1 Å². The van der Waals surface area contributed by atoms with E-state index in [1.807, 2.05) is 13.8 Å². The van der Waals surface area contributed by atoms with E-state index >= 15 is 0 Å². The second kappa shape index (κ2) is 5.93. The molecule has 17 heavy (non-hydrogen) atoms. The zero-order valence-corrected chi connectivity index (χ0v) is 11.6. The topological polar surface area (TPSA) is 66.5 Å². The van der Waals surface area contributed by atoms with Crippen molar-refractivity contribution in [1.82, 2.24) is 9.03 Å². The van der Waals surface area contributed by atoms with Gasteiger partial charge in [0.25, 0.3) is 10.2 Å². The number of hydrogen-bond acceptors (Lipinski definition) is 3. The van der Waals surface area contributed by atoms with Crippen molar-refractivity contribution in [3.63, 3.8) is 0 Å². The smallest absolute Gasteiger partial charge is 0.279 e. The van der Waals surface area contributed by atoms with E-state index < -0.39 is 10.2 Å². The molecule has 100 valence electrons. The van der Waals surface area contributed by atoms with Gasteiger partial charge in [-0.2, -0.15) is 12.7 Å². The average molecular weight is 262 g/mol. The van der Waals surface area contributed by atoms with E-state index in [1.54, 1.807) is 0 Å². The highest BCUT2D eigenvalue weighted by Crippen LogP contribution is 2.22. The molecule has 0 aliphatic carbocycles. The van der Waals surface area contributed by atoms with Crippen LogP contribution in [0.25, 0.3) is 0 Å². The Balaban J connectivity index is 2.66. The molecule has 1 aliphatic rings. The molecule has 0 spiro atoms. The van der Waals surface area contributed by atoms with E-state index in [9.17, 15) is 13.2 Å². The zero-order valence-electron chi connectivity index (χ0n) is 10.8. The number of carbonyl (C=O) groups is 1. The molecule has 1 unspecified atom stereocenters. The van der Waals surface area contributed by atoms with Crippen LogP contribution in [0.2, 0.25) is 0 Å². The van der Waals surface area contributed by atoms with Gasteiger partial charge in [-0.25, -0.2) is 4.72 Å². The van der Waals surface area contributed by atoms with Gasteiger partial charge in [0.2, 0.25) is 0 Å². The average Bonchev–Trinajstić information content (AvgIpc) is 2.62. The van der Waals surface area contributed by atoms with Gasteiger partial charge in [-0.05, 0) is 25.7 Å². The van der Waals surface area contributed by atoms with Gasteiger partial charge >= 0.3 is 0 Å². The van der Waals surface area contributed by atoms with E-state index in [-0.39, 0.29) is 17.7 Å². The second-order valence-electron chi connectivity index (χ2n) is 5.06. The summed E-state index contributed by atoms with van der Waals surface area (Å²) >= 11 is 0. The fourth-order valence-electron chi connectivity index (χ4n) is 2.02. The fourth-order valence-corrected chi connectivity index (χ4v) is 3.67. The van der Waals surface area contributed by atoms with Crippen molar-refractivity contribution in [1.29, 1.82) is 0 Å². The number of hydrogen-bond donors (Lipinski definition) is 1. The third kappa shape index (κ3) is 4.37. The number of carbonyl (C=O) groups excluding carboxylic acids is 1. The van der Waals surface area contributed by atoms with E-state index in [0.29, 0.717) is 19.5 Å². The lowest BCUT2D eigenvalue weighted by Crippen LogP contribution is -2.45.